The van der Waals surface area contributed by atoms with Gasteiger partial charge in [0, 0.05) is 6.54 Å². The second-order valence-electron chi connectivity index (χ2n) is 4.83. The van der Waals surface area contributed by atoms with Gasteiger partial charge in [-0.3, -0.25) is 9.59 Å². The Bertz CT molecular complexity index is 278. The van der Waals surface area contributed by atoms with Crippen LogP contribution in [0.15, 0.2) is 0 Å². The lowest BCUT2D eigenvalue weighted by atomic mass is 10.0. The van der Waals surface area contributed by atoms with Crippen LogP contribution in [0, 0.1) is 5.92 Å². The van der Waals surface area contributed by atoms with Crippen LogP contribution in [-0.2, 0) is 9.59 Å². The van der Waals surface area contributed by atoms with Crippen LogP contribution < -0.4 is 11.5 Å². The molecule has 4 N–H and O–H groups in total. The molecule has 1 fully saturated rings. The number of nitrogens with two attached hydrogens (primary N) is 2. The summed E-state index contributed by atoms with van der Waals surface area (Å²) in [5.41, 5.74) is 11.1. The molecule has 0 spiro atoms. The van der Waals surface area contributed by atoms with Gasteiger partial charge in [-0.1, -0.05) is 13.8 Å². The number of carbonyl (C=O) groups excluding carboxylic acids is 2. The molecule has 1 saturated heterocycles. The molecule has 1 heterocycles. The maximum atomic E-state index is 12.0. The maximum Gasteiger partial charge on any atom is 0.240 e. The first-order chi connectivity index (χ1) is 7.43. The molecule has 0 aromatic rings. The third-order valence-corrected chi connectivity index (χ3v) is 2.91. The van der Waals surface area contributed by atoms with E-state index in [-0.39, 0.29) is 5.91 Å². The van der Waals surface area contributed by atoms with Gasteiger partial charge in [0.2, 0.25) is 11.8 Å². The minimum absolute atomic E-state index is 0.144. The van der Waals surface area contributed by atoms with E-state index in [1.165, 1.54) is 4.90 Å². The fourth-order valence-electron chi connectivity index (χ4n) is 2.15. The van der Waals surface area contributed by atoms with Gasteiger partial charge in [-0.2, -0.15) is 0 Å². The summed E-state index contributed by atoms with van der Waals surface area (Å²) in [5.74, 6) is -0.203. The summed E-state index contributed by atoms with van der Waals surface area (Å²) in [6.07, 6.45) is 2.13. The molecule has 2 atom stereocenters. The Labute approximate surface area is 96.1 Å². The van der Waals surface area contributed by atoms with Crippen LogP contribution in [0.1, 0.15) is 33.1 Å². The summed E-state index contributed by atoms with van der Waals surface area (Å²) in [6.45, 7) is 4.63. The van der Waals surface area contributed by atoms with Gasteiger partial charge in [-0.25, -0.2) is 0 Å². The lowest BCUT2D eigenvalue weighted by Gasteiger charge is -2.26. The lowest BCUT2D eigenvalue weighted by molar-refractivity contribution is -0.138. The molecule has 0 aliphatic carbocycles. The Morgan fingerprint density at radius 2 is 2.06 bits per heavy atom. The highest BCUT2D eigenvalue weighted by atomic mass is 16.2. The standard InChI is InChI=1S/C11H21N3O2/c1-7(2)6-8(12)11(16)14-5-3-4-9(14)10(13)15/h7-9H,3-6,12H2,1-2H3,(H2,13,15)/t8?,9-/m0/s1. The summed E-state index contributed by atoms with van der Waals surface area (Å²) in [7, 11) is 0. The largest absolute Gasteiger partial charge is 0.368 e. The van der Waals surface area contributed by atoms with Crippen molar-refractivity contribution in [1.29, 1.82) is 0 Å². The molecule has 5 heteroatoms. The van der Waals surface area contributed by atoms with E-state index in [0.29, 0.717) is 25.3 Å². The van der Waals surface area contributed by atoms with Crippen LogP contribution in [0.2, 0.25) is 0 Å². The van der Waals surface area contributed by atoms with Crippen molar-refractivity contribution in [3.8, 4) is 0 Å². The highest BCUT2D eigenvalue weighted by molar-refractivity contribution is 5.89. The van der Waals surface area contributed by atoms with Crippen LogP contribution in [0.5, 0.6) is 0 Å². The molecule has 0 radical (unpaired) electrons. The van der Waals surface area contributed by atoms with E-state index in [4.69, 9.17) is 11.5 Å². The lowest BCUT2D eigenvalue weighted by Crippen LogP contribution is -2.50. The highest BCUT2D eigenvalue weighted by Crippen LogP contribution is 2.18. The van der Waals surface area contributed by atoms with Gasteiger partial charge < -0.3 is 16.4 Å². The normalized spacial score (nSPS) is 22.5. The number of rotatable bonds is 4. The fraction of sp³-hybridized carbons (Fsp3) is 0.818. The Kier molecular flexibility index (Phi) is 4.29. The summed E-state index contributed by atoms with van der Waals surface area (Å²) in [5, 5.41) is 0. The molecule has 92 valence electrons. The molecule has 0 aromatic carbocycles. The van der Waals surface area contributed by atoms with Gasteiger partial charge in [0.05, 0.1) is 6.04 Å². The van der Waals surface area contributed by atoms with Crippen molar-refractivity contribution in [3.63, 3.8) is 0 Å². The van der Waals surface area contributed by atoms with Crippen LogP contribution in [0.3, 0.4) is 0 Å². The van der Waals surface area contributed by atoms with Gasteiger partial charge in [0.25, 0.3) is 0 Å². The van der Waals surface area contributed by atoms with E-state index in [9.17, 15) is 9.59 Å². The van der Waals surface area contributed by atoms with E-state index in [2.05, 4.69) is 0 Å². The van der Waals surface area contributed by atoms with Crippen molar-refractivity contribution in [3.05, 3.63) is 0 Å². The minimum Gasteiger partial charge on any atom is -0.368 e. The third kappa shape index (κ3) is 2.95. The zero-order valence-corrected chi connectivity index (χ0v) is 9.98. The topological polar surface area (TPSA) is 89.4 Å². The Balaban J connectivity index is 2.62. The molecule has 0 saturated carbocycles. The number of amides is 2. The van der Waals surface area contributed by atoms with Gasteiger partial charge in [0.15, 0.2) is 0 Å². The molecule has 1 aliphatic rings. The first-order valence-electron chi connectivity index (χ1n) is 5.79. The second kappa shape index (κ2) is 5.30. The predicted molar refractivity (Wildman–Crippen MR) is 61.4 cm³/mol. The SMILES string of the molecule is CC(C)CC(N)C(=O)N1CCC[C@H]1C(N)=O. The Hall–Kier alpha value is -1.10. The molecular weight excluding hydrogens is 206 g/mol. The van der Waals surface area contributed by atoms with E-state index in [1.807, 2.05) is 13.8 Å². The van der Waals surface area contributed by atoms with Crippen molar-refractivity contribution in [2.45, 2.75) is 45.2 Å². The second-order valence-corrected chi connectivity index (χ2v) is 4.83. The first kappa shape index (κ1) is 13.0. The first-order valence-corrected chi connectivity index (χ1v) is 5.79. The van der Waals surface area contributed by atoms with Crippen LogP contribution in [0.4, 0.5) is 0 Å². The third-order valence-electron chi connectivity index (χ3n) is 2.91. The zero-order chi connectivity index (χ0) is 12.3. The van der Waals surface area contributed by atoms with Gasteiger partial charge >= 0.3 is 0 Å². The summed E-state index contributed by atoms with van der Waals surface area (Å²) in [6, 6.07) is -0.967. The van der Waals surface area contributed by atoms with E-state index >= 15 is 0 Å². The van der Waals surface area contributed by atoms with E-state index in [0.717, 1.165) is 6.42 Å². The van der Waals surface area contributed by atoms with Gasteiger partial charge in [0.1, 0.15) is 6.04 Å². The van der Waals surface area contributed by atoms with Gasteiger partial charge in [-0.05, 0) is 25.2 Å². The number of carbonyl (C=O) groups is 2. The quantitative estimate of drug-likeness (QED) is 0.699. The molecule has 1 rings (SSSR count). The zero-order valence-electron chi connectivity index (χ0n) is 9.98. The minimum atomic E-state index is -0.514. The number of hydrogen-bond donors (Lipinski definition) is 2. The average Bonchev–Trinajstić information content (AvgIpc) is 2.63. The molecule has 16 heavy (non-hydrogen) atoms. The Morgan fingerprint density at radius 1 is 1.44 bits per heavy atom. The maximum absolute atomic E-state index is 12.0. The van der Waals surface area contributed by atoms with E-state index < -0.39 is 18.0 Å². The number of hydrogen-bond acceptors (Lipinski definition) is 3. The van der Waals surface area contributed by atoms with Gasteiger partial charge in [-0.15, -0.1) is 0 Å². The molecule has 5 nitrogen and oxygen atoms in total. The van der Waals surface area contributed by atoms with Crippen LogP contribution in [-0.4, -0.2) is 35.3 Å². The molecule has 0 aromatic heterocycles. The smallest absolute Gasteiger partial charge is 0.240 e. The van der Waals surface area contributed by atoms with Crippen molar-refractivity contribution in [2.24, 2.45) is 17.4 Å². The predicted octanol–water partition coefficient (Wildman–Crippen LogP) is -0.164. The number of nitrogens with zero attached hydrogens (tertiary/aromatic N) is 1. The summed E-state index contributed by atoms with van der Waals surface area (Å²) in [4.78, 5) is 24.7. The number of likely N-dealkylation sites (tertiary alicyclic amines) is 1. The van der Waals surface area contributed by atoms with E-state index in [1.54, 1.807) is 0 Å². The van der Waals surface area contributed by atoms with Crippen molar-refractivity contribution >= 4 is 11.8 Å². The molecule has 2 amide bonds. The molecule has 1 aliphatic heterocycles. The fourth-order valence-corrected chi connectivity index (χ4v) is 2.15. The summed E-state index contributed by atoms with van der Waals surface area (Å²) < 4.78 is 0. The molecule has 0 bridgehead atoms. The van der Waals surface area contributed by atoms with Crippen LogP contribution >= 0.6 is 0 Å². The Morgan fingerprint density at radius 3 is 2.56 bits per heavy atom. The van der Waals surface area contributed by atoms with Crippen molar-refractivity contribution in [1.82, 2.24) is 4.90 Å². The van der Waals surface area contributed by atoms with Crippen LogP contribution in [0.25, 0.3) is 0 Å². The highest BCUT2D eigenvalue weighted by Gasteiger charge is 2.34. The van der Waals surface area contributed by atoms with Crippen molar-refractivity contribution in [2.75, 3.05) is 6.54 Å². The molecular formula is C11H21N3O2. The summed E-state index contributed by atoms with van der Waals surface area (Å²) >= 11 is 0. The average molecular weight is 227 g/mol. The monoisotopic (exact) mass is 227 g/mol. The molecule has 1 unspecified atom stereocenters. The number of primary amides is 1. The van der Waals surface area contributed by atoms with Crippen molar-refractivity contribution < 1.29 is 9.59 Å².